The molecule has 1 N–H and O–H groups in total. The molecule has 0 spiro atoms. The van der Waals surface area contributed by atoms with Crippen molar-refractivity contribution < 1.29 is 13.2 Å². The van der Waals surface area contributed by atoms with Crippen LogP contribution in [0.4, 0.5) is 19.1 Å². The van der Waals surface area contributed by atoms with Gasteiger partial charge in [-0.1, -0.05) is 11.8 Å². The summed E-state index contributed by atoms with van der Waals surface area (Å²) in [6, 6.07) is 2.84. The number of nitrogens with one attached hydrogen (secondary N) is 1. The number of piperidine rings is 1. The van der Waals surface area contributed by atoms with Gasteiger partial charge in [0.25, 0.3) is 0 Å². The first-order valence-electron chi connectivity index (χ1n) is 10.0. The summed E-state index contributed by atoms with van der Waals surface area (Å²) in [6.45, 7) is 1.63. The van der Waals surface area contributed by atoms with E-state index in [-0.39, 0.29) is 4.90 Å². The number of aromatic nitrogens is 7. The monoisotopic (exact) mass is 460 g/mol. The Morgan fingerprint density at radius 3 is 2.66 bits per heavy atom. The van der Waals surface area contributed by atoms with E-state index in [1.165, 1.54) is 18.3 Å². The molecule has 5 rings (SSSR count). The van der Waals surface area contributed by atoms with E-state index in [4.69, 9.17) is 0 Å². The van der Waals surface area contributed by atoms with Crippen molar-refractivity contribution in [2.75, 3.05) is 18.0 Å². The van der Waals surface area contributed by atoms with Crippen LogP contribution in [0.2, 0.25) is 0 Å². The molecular formula is C20H19F3N8S. The van der Waals surface area contributed by atoms with E-state index in [2.05, 4.69) is 41.0 Å². The predicted octanol–water partition coefficient (Wildman–Crippen LogP) is 4.04. The number of H-pyrrole nitrogens is 1. The number of nitrogens with zero attached hydrogens (tertiary/aromatic N) is 7. The van der Waals surface area contributed by atoms with Crippen molar-refractivity contribution in [3.05, 3.63) is 48.4 Å². The number of hydrogen-bond donors (Lipinski definition) is 1. The Labute approximate surface area is 185 Å². The molecule has 1 aliphatic rings. The Morgan fingerprint density at radius 2 is 1.94 bits per heavy atom. The van der Waals surface area contributed by atoms with Crippen LogP contribution < -0.4 is 4.90 Å². The zero-order valence-electron chi connectivity index (χ0n) is 17.0. The Morgan fingerprint density at radius 1 is 1.12 bits per heavy atom. The lowest BCUT2D eigenvalue weighted by Gasteiger charge is -2.30. The third-order valence-corrected chi connectivity index (χ3v) is 6.32. The quantitative estimate of drug-likeness (QED) is 0.492. The molecular weight excluding hydrogens is 441 g/mol. The molecule has 0 unspecified atom stereocenters. The molecule has 0 atom stereocenters. The minimum absolute atomic E-state index is 0.0232. The highest BCUT2D eigenvalue weighted by Gasteiger charge is 2.35. The zero-order valence-corrected chi connectivity index (χ0v) is 17.9. The molecule has 1 saturated heterocycles. The number of pyridine rings is 1. The van der Waals surface area contributed by atoms with Crippen molar-refractivity contribution in [3.63, 3.8) is 0 Å². The number of aryl methyl sites for hydroxylation is 1. The van der Waals surface area contributed by atoms with Crippen molar-refractivity contribution in [2.24, 2.45) is 7.05 Å². The summed E-state index contributed by atoms with van der Waals surface area (Å²) in [5.41, 5.74) is 1.04. The van der Waals surface area contributed by atoms with Gasteiger partial charge >= 0.3 is 6.18 Å². The molecule has 0 aliphatic carbocycles. The van der Waals surface area contributed by atoms with Crippen LogP contribution in [0, 0.1) is 0 Å². The van der Waals surface area contributed by atoms with Gasteiger partial charge in [-0.2, -0.15) is 18.2 Å². The highest BCUT2D eigenvalue weighted by atomic mass is 32.2. The Kier molecular flexibility index (Phi) is 5.24. The van der Waals surface area contributed by atoms with Crippen LogP contribution in [-0.4, -0.2) is 47.6 Å². The van der Waals surface area contributed by atoms with Gasteiger partial charge in [-0.25, -0.2) is 15.0 Å². The lowest BCUT2D eigenvalue weighted by Crippen LogP contribution is -2.33. The molecule has 0 aromatic carbocycles. The summed E-state index contributed by atoms with van der Waals surface area (Å²) < 4.78 is 41.6. The van der Waals surface area contributed by atoms with Crippen LogP contribution in [0.15, 0.2) is 47.0 Å². The van der Waals surface area contributed by atoms with Crippen LogP contribution in [-0.2, 0) is 13.2 Å². The Balaban J connectivity index is 1.32. The number of aromatic amines is 1. The zero-order chi connectivity index (χ0) is 22.3. The normalized spacial score (nSPS) is 15.6. The van der Waals surface area contributed by atoms with Crippen LogP contribution >= 0.6 is 11.8 Å². The summed E-state index contributed by atoms with van der Waals surface area (Å²) in [6.07, 6.45) is 3.80. The number of hydrogen-bond acceptors (Lipinski definition) is 7. The van der Waals surface area contributed by atoms with Gasteiger partial charge in [0.15, 0.2) is 17.0 Å². The largest absolute Gasteiger partial charge is 0.434 e. The lowest BCUT2D eigenvalue weighted by molar-refractivity contribution is -0.143. The maximum atomic E-state index is 13.2. The minimum atomic E-state index is -4.54. The molecule has 1 aliphatic heterocycles. The molecule has 8 nitrogen and oxygen atoms in total. The van der Waals surface area contributed by atoms with E-state index in [0.717, 1.165) is 49.6 Å². The van der Waals surface area contributed by atoms with Gasteiger partial charge in [0, 0.05) is 43.3 Å². The second-order valence-electron chi connectivity index (χ2n) is 7.62. The Hall–Kier alpha value is -3.15. The number of imidazole rings is 2. The topological polar surface area (TPSA) is 88.4 Å². The second kappa shape index (κ2) is 8.08. The van der Waals surface area contributed by atoms with Crippen molar-refractivity contribution >= 4 is 29.0 Å². The van der Waals surface area contributed by atoms with Gasteiger partial charge in [0.2, 0.25) is 5.95 Å². The highest BCUT2D eigenvalue weighted by Crippen LogP contribution is 2.37. The molecule has 0 radical (unpaired) electrons. The predicted molar refractivity (Wildman–Crippen MR) is 112 cm³/mol. The molecule has 166 valence electrons. The SMILES string of the molecule is Cn1cnc(C2CCN(c3nc4ncc(Sc5cccnc5C(F)(F)F)nc4[nH]3)CC2)c1. The third kappa shape index (κ3) is 4.14. The molecule has 0 bridgehead atoms. The smallest absolute Gasteiger partial charge is 0.342 e. The molecule has 12 heteroatoms. The van der Waals surface area contributed by atoms with Crippen molar-refractivity contribution in [1.82, 2.24) is 34.5 Å². The van der Waals surface area contributed by atoms with E-state index in [1.807, 2.05) is 17.9 Å². The number of halogens is 3. The molecule has 0 amide bonds. The summed E-state index contributed by atoms with van der Waals surface area (Å²) in [5.74, 6) is 1.08. The van der Waals surface area contributed by atoms with Gasteiger partial charge < -0.3 is 14.5 Å². The van der Waals surface area contributed by atoms with E-state index in [0.29, 0.717) is 28.2 Å². The molecule has 0 saturated carbocycles. The van der Waals surface area contributed by atoms with Crippen molar-refractivity contribution in [1.29, 1.82) is 0 Å². The maximum Gasteiger partial charge on any atom is 0.434 e. The van der Waals surface area contributed by atoms with E-state index in [1.54, 1.807) is 0 Å². The van der Waals surface area contributed by atoms with Gasteiger partial charge in [0.1, 0.15) is 5.03 Å². The number of alkyl halides is 3. The first-order chi connectivity index (χ1) is 15.4. The summed E-state index contributed by atoms with van der Waals surface area (Å²) >= 11 is 0.874. The van der Waals surface area contributed by atoms with Crippen LogP contribution in [0.25, 0.3) is 11.3 Å². The molecule has 32 heavy (non-hydrogen) atoms. The first kappa shape index (κ1) is 20.7. The van der Waals surface area contributed by atoms with E-state index in [9.17, 15) is 13.2 Å². The van der Waals surface area contributed by atoms with Gasteiger partial charge in [0.05, 0.1) is 18.2 Å². The van der Waals surface area contributed by atoms with E-state index >= 15 is 0 Å². The summed E-state index contributed by atoms with van der Waals surface area (Å²) in [5, 5.41) is 0.333. The average molecular weight is 460 g/mol. The second-order valence-corrected chi connectivity index (χ2v) is 8.68. The average Bonchev–Trinajstić information content (AvgIpc) is 3.39. The number of anilines is 1. The standard InChI is InChI=1S/C20H19F3N8S/c1-30-10-13(26-11-30)12-4-7-31(8-5-12)19-28-17-18(29-19)27-15(9-25-17)32-14-3-2-6-24-16(14)20(21,22)23/h2-3,6,9-12H,4-5,7-8H2,1H3,(H,25,27,28,29). The van der Waals surface area contributed by atoms with Crippen LogP contribution in [0.1, 0.15) is 30.1 Å². The van der Waals surface area contributed by atoms with Crippen molar-refractivity contribution in [3.8, 4) is 0 Å². The van der Waals surface area contributed by atoms with Gasteiger partial charge in [-0.15, -0.1) is 0 Å². The van der Waals surface area contributed by atoms with E-state index < -0.39 is 11.9 Å². The summed E-state index contributed by atoms with van der Waals surface area (Å²) in [7, 11) is 1.96. The van der Waals surface area contributed by atoms with Gasteiger partial charge in [-0.05, 0) is 25.0 Å². The van der Waals surface area contributed by atoms with Crippen LogP contribution in [0.3, 0.4) is 0 Å². The fourth-order valence-corrected chi connectivity index (χ4v) is 4.67. The molecule has 5 heterocycles. The minimum Gasteiger partial charge on any atom is -0.342 e. The third-order valence-electron chi connectivity index (χ3n) is 5.36. The lowest BCUT2D eigenvalue weighted by atomic mass is 9.94. The maximum absolute atomic E-state index is 13.2. The highest BCUT2D eigenvalue weighted by molar-refractivity contribution is 7.99. The van der Waals surface area contributed by atoms with Crippen molar-refractivity contribution in [2.45, 2.75) is 34.9 Å². The molecule has 1 fully saturated rings. The summed E-state index contributed by atoms with van der Waals surface area (Å²) in [4.78, 5) is 26.4. The fourth-order valence-electron chi connectivity index (χ4n) is 3.79. The van der Waals surface area contributed by atoms with Crippen LogP contribution in [0.5, 0.6) is 0 Å². The number of rotatable bonds is 4. The number of fused-ring (bicyclic) bond motifs is 1. The van der Waals surface area contributed by atoms with Gasteiger partial charge in [-0.3, -0.25) is 4.98 Å². The Bertz CT molecular complexity index is 1240. The fraction of sp³-hybridized carbons (Fsp3) is 0.350. The molecule has 4 aromatic rings. The molecule has 4 aromatic heterocycles. The first-order valence-corrected chi connectivity index (χ1v) is 10.8.